The van der Waals surface area contributed by atoms with Crippen molar-refractivity contribution < 1.29 is 13.9 Å². The molecule has 0 fully saturated rings. The maximum absolute atomic E-state index is 13.0. The van der Waals surface area contributed by atoms with Gasteiger partial charge < -0.3 is 10.1 Å². The summed E-state index contributed by atoms with van der Waals surface area (Å²) < 4.78 is 19.0. The molecule has 0 aliphatic carbocycles. The average Bonchev–Trinajstić information content (AvgIpc) is 2.46. The second-order valence-electron chi connectivity index (χ2n) is 4.39. The quantitative estimate of drug-likeness (QED) is 0.816. The Morgan fingerprint density at radius 1 is 1.29 bits per heavy atom. The van der Waals surface area contributed by atoms with Crippen molar-refractivity contribution in [3.63, 3.8) is 0 Å². The number of anilines is 1. The molecule has 2 rings (SSSR count). The Labute approximate surface area is 131 Å². The van der Waals surface area contributed by atoms with Gasteiger partial charge in [0.2, 0.25) is 0 Å². The summed E-state index contributed by atoms with van der Waals surface area (Å²) in [5.74, 6) is -0.743. The summed E-state index contributed by atoms with van der Waals surface area (Å²) in [5.41, 5.74) is 1.42. The van der Waals surface area contributed by atoms with Crippen molar-refractivity contribution in [2.24, 2.45) is 0 Å². The van der Waals surface area contributed by atoms with Crippen molar-refractivity contribution in [2.45, 2.75) is 13.0 Å². The molecule has 0 saturated carbocycles. The van der Waals surface area contributed by atoms with Crippen LogP contribution in [0, 0.1) is 5.82 Å². The van der Waals surface area contributed by atoms with Crippen molar-refractivity contribution in [3.8, 4) is 0 Å². The number of nitrogens with one attached hydrogen (secondary N) is 1. The number of halogens is 2. The van der Waals surface area contributed by atoms with Crippen LogP contribution in [0.3, 0.4) is 0 Å². The SMILES string of the molecule is CCOC(=O)C(Nc1cccc(Br)c1)c1ccc(F)cc1. The minimum absolute atomic E-state index is 0.288. The lowest BCUT2D eigenvalue weighted by molar-refractivity contribution is -0.144. The van der Waals surface area contributed by atoms with E-state index in [1.165, 1.54) is 12.1 Å². The molecule has 1 atom stereocenters. The zero-order chi connectivity index (χ0) is 15.2. The first-order valence-electron chi connectivity index (χ1n) is 6.54. The second kappa shape index (κ2) is 7.22. The fourth-order valence-electron chi connectivity index (χ4n) is 1.90. The molecule has 0 spiro atoms. The van der Waals surface area contributed by atoms with Crippen molar-refractivity contribution in [1.82, 2.24) is 0 Å². The second-order valence-corrected chi connectivity index (χ2v) is 5.31. The first-order valence-corrected chi connectivity index (χ1v) is 7.33. The van der Waals surface area contributed by atoms with Crippen LogP contribution in [0.2, 0.25) is 0 Å². The molecule has 0 aliphatic heterocycles. The molecule has 1 unspecified atom stereocenters. The monoisotopic (exact) mass is 351 g/mol. The minimum Gasteiger partial charge on any atom is -0.464 e. The van der Waals surface area contributed by atoms with Crippen LogP contribution in [-0.4, -0.2) is 12.6 Å². The Hall–Kier alpha value is -1.88. The normalized spacial score (nSPS) is 11.8. The number of esters is 1. The van der Waals surface area contributed by atoms with Gasteiger partial charge in [-0.25, -0.2) is 9.18 Å². The lowest BCUT2D eigenvalue weighted by atomic mass is 10.1. The van der Waals surface area contributed by atoms with Gasteiger partial charge in [-0.1, -0.05) is 34.1 Å². The van der Waals surface area contributed by atoms with Crippen molar-refractivity contribution in [2.75, 3.05) is 11.9 Å². The van der Waals surface area contributed by atoms with Gasteiger partial charge in [-0.2, -0.15) is 0 Å². The number of rotatable bonds is 5. The van der Waals surface area contributed by atoms with Gasteiger partial charge in [0.1, 0.15) is 5.82 Å². The summed E-state index contributed by atoms with van der Waals surface area (Å²) in [6.07, 6.45) is 0. The Morgan fingerprint density at radius 2 is 2.00 bits per heavy atom. The van der Waals surface area contributed by atoms with Crippen LogP contribution in [-0.2, 0) is 9.53 Å². The van der Waals surface area contributed by atoms with Gasteiger partial charge in [0.15, 0.2) is 6.04 Å². The van der Waals surface area contributed by atoms with E-state index in [9.17, 15) is 9.18 Å². The summed E-state index contributed by atoms with van der Waals surface area (Å²) >= 11 is 3.38. The lowest BCUT2D eigenvalue weighted by Crippen LogP contribution is -2.23. The molecular weight excluding hydrogens is 337 g/mol. The molecule has 0 saturated heterocycles. The van der Waals surface area contributed by atoms with E-state index in [2.05, 4.69) is 21.2 Å². The van der Waals surface area contributed by atoms with E-state index in [1.54, 1.807) is 19.1 Å². The molecule has 2 aromatic carbocycles. The van der Waals surface area contributed by atoms with Crippen LogP contribution in [0.1, 0.15) is 18.5 Å². The number of hydrogen-bond donors (Lipinski definition) is 1. The third kappa shape index (κ3) is 4.29. The topological polar surface area (TPSA) is 38.3 Å². The van der Waals surface area contributed by atoms with Crippen molar-refractivity contribution in [3.05, 3.63) is 64.4 Å². The molecule has 5 heteroatoms. The highest BCUT2D eigenvalue weighted by molar-refractivity contribution is 9.10. The smallest absolute Gasteiger partial charge is 0.333 e. The Morgan fingerprint density at radius 3 is 2.62 bits per heavy atom. The van der Waals surface area contributed by atoms with E-state index in [1.807, 2.05) is 24.3 Å². The summed E-state index contributed by atoms with van der Waals surface area (Å²) in [6, 6.07) is 12.6. The highest BCUT2D eigenvalue weighted by Crippen LogP contribution is 2.23. The number of carbonyl (C=O) groups excluding carboxylic acids is 1. The Balaban J connectivity index is 2.27. The summed E-state index contributed by atoms with van der Waals surface area (Å²) in [4.78, 5) is 12.1. The summed E-state index contributed by atoms with van der Waals surface area (Å²) in [6.45, 7) is 2.04. The fourth-order valence-corrected chi connectivity index (χ4v) is 2.30. The van der Waals surface area contributed by atoms with Crippen LogP contribution < -0.4 is 5.32 Å². The van der Waals surface area contributed by atoms with Crippen molar-refractivity contribution >= 4 is 27.6 Å². The van der Waals surface area contributed by atoms with Gasteiger partial charge >= 0.3 is 5.97 Å². The zero-order valence-electron chi connectivity index (χ0n) is 11.5. The lowest BCUT2D eigenvalue weighted by Gasteiger charge is -2.19. The number of carbonyl (C=O) groups is 1. The van der Waals surface area contributed by atoms with E-state index in [-0.39, 0.29) is 12.4 Å². The molecule has 2 aromatic rings. The van der Waals surface area contributed by atoms with E-state index < -0.39 is 12.0 Å². The standard InChI is InChI=1S/C16H15BrFNO2/c1-2-21-16(20)15(11-6-8-13(18)9-7-11)19-14-5-3-4-12(17)10-14/h3-10,15,19H,2H2,1H3. The molecular formula is C16H15BrFNO2. The molecule has 0 radical (unpaired) electrons. The van der Waals surface area contributed by atoms with Crippen LogP contribution in [0.4, 0.5) is 10.1 Å². The summed E-state index contributed by atoms with van der Waals surface area (Å²) in [5, 5.41) is 3.11. The predicted octanol–water partition coefficient (Wildman–Crippen LogP) is 4.30. The van der Waals surface area contributed by atoms with E-state index in [4.69, 9.17) is 4.74 Å². The predicted molar refractivity (Wildman–Crippen MR) is 83.5 cm³/mol. The van der Waals surface area contributed by atoms with E-state index in [0.29, 0.717) is 5.56 Å². The van der Waals surface area contributed by atoms with Crippen LogP contribution in [0.15, 0.2) is 53.0 Å². The first-order chi connectivity index (χ1) is 10.1. The molecule has 110 valence electrons. The maximum Gasteiger partial charge on any atom is 0.333 e. The maximum atomic E-state index is 13.0. The molecule has 0 amide bonds. The molecule has 3 nitrogen and oxygen atoms in total. The Kier molecular flexibility index (Phi) is 5.33. The van der Waals surface area contributed by atoms with Crippen LogP contribution >= 0.6 is 15.9 Å². The van der Waals surface area contributed by atoms with Gasteiger partial charge in [-0.3, -0.25) is 0 Å². The molecule has 1 N–H and O–H groups in total. The summed E-state index contributed by atoms with van der Waals surface area (Å²) in [7, 11) is 0. The Bertz CT molecular complexity index is 616. The van der Waals surface area contributed by atoms with Gasteiger partial charge in [0.05, 0.1) is 6.61 Å². The van der Waals surface area contributed by atoms with E-state index in [0.717, 1.165) is 10.2 Å². The molecule has 0 bridgehead atoms. The van der Waals surface area contributed by atoms with Gasteiger partial charge in [0.25, 0.3) is 0 Å². The van der Waals surface area contributed by atoms with Gasteiger partial charge in [-0.05, 0) is 42.8 Å². The highest BCUT2D eigenvalue weighted by Gasteiger charge is 2.22. The number of ether oxygens (including phenoxy) is 1. The number of benzene rings is 2. The van der Waals surface area contributed by atoms with E-state index >= 15 is 0 Å². The number of hydrogen-bond acceptors (Lipinski definition) is 3. The molecule has 0 aliphatic rings. The molecule has 0 heterocycles. The minimum atomic E-state index is -0.681. The zero-order valence-corrected chi connectivity index (χ0v) is 13.1. The average molecular weight is 352 g/mol. The molecule has 21 heavy (non-hydrogen) atoms. The van der Waals surface area contributed by atoms with Crippen LogP contribution in [0.25, 0.3) is 0 Å². The fraction of sp³-hybridized carbons (Fsp3) is 0.188. The van der Waals surface area contributed by atoms with Gasteiger partial charge in [-0.15, -0.1) is 0 Å². The molecule has 0 aromatic heterocycles. The van der Waals surface area contributed by atoms with Crippen molar-refractivity contribution in [1.29, 1.82) is 0 Å². The third-order valence-electron chi connectivity index (χ3n) is 2.86. The third-order valence-corrected chi connectivity index (χ3v) is 3.35. The first kappa shape index (κ1) is 15.5. The largest absolute Gasteiger partial charge is 0.464 e. The van der Waals surface area contributed by atoms with Gasteiger partial charge in [0, 0.05) is 10.2 Å². The highest BCUT2D eigenvalue weighted by atomic mass is 79.9. The van der Waals surface area contributed by atoms with Crippen LogP contribution in [0.5, 0.6) is 0 Å².